The number of aryl methyl sites for hydroxylation is 1. The van der Waals surface area contributed by atoms with Crippen molar-refractivity contribution >= 4 is 17.5 Å². The Kier molecular flexibility index (Phi) is 4.88. The zero-order valence-corrected chi connectivity index (χ0v) is 14.8. The summed E-state index contributed by atoms with van der Waals surface area (Å²) in [4.78, 5) is 27.4. The number of para-hydroxylation sites is 1. The van der Waals surface area contributed by atoms with E-state index >= 15 is 0 Å². The largest absolute Gasteiger partial charge is 0.351 e. The normalized spacial score (nSPS) is 14.6. The van der Waals surface area contributed by atoms with Crippen LogP contribution in [0.1, 0.15) is 30.9 Å². The molecule has 0 saturated heterocycles. The van der Waals surface area contributed by atoms with Crippen LogP contribution in [0.5, 0.6) is 0 Å². The molecule has 130 valence electrons. The molecule has 2 aromatic rings. The van der Waals surface area contributed by atoms with Crippen LogP contribution >= 0.6 is 0 Å². The zero-order valence-electron chi connectivity index (χ0n) is 14.8. The van der Waals surface area contributed by atoms with Crippen LogP contribution in [0, 0.1) is 12.3 Å². The number of anilines is 1. The van der Waals surface area contributed by atoms with Crippen LogP contribution in [0.3, 0.4) is 0 Å². The van der Waals surface area contributed by atoms with Crippen LogP contribution in [0.15, 0.2) is 54.6 Å². The number of carbonyl (C=O) groups excluding carboxylic acids is 2. The van der Waals surface area contributed by atoms with Gasteiger partial charge in [0.1, 0.15) is 5.41 Å². The molecule has 1 N–H and O–H groups in total. The average molecular weight is 336 g/mol. The van der Waals surface area contributed by atoms with E-state index < -0.39 is 5.41 Å². The van der Waals surface area contributed by atoms with E-state index in [2.05, 4.69) is 5.32 Å². The maximum atomic E-state index is 13.0. The quantitative estimate of drug-likeness (QED) is 0.822. The van der Waals surface area contributed by atoms with Gasteiger partial charge in [-0.15, -0.1) is 0 Å². The summed E-state index contributed by atoms with van der Waals surface area (Å²) < 4.78 is 0. The highest BCUT2D eigenvalue weighted by molar-refractivity contribution is 6.14. The third-order valence-electron chi connectivity index (χ3n) is 4.80. The van der Waals surface area contributed by atoms with Crippen molar-refractivity contribution in [2.45, 2.75) is 33.2 Å². The van der Waals surface area contributed by atoms with Crippen molar-refractivity contribution < 1.29 is 9.59 Å². The van der Waals surface area contributed by atoms with Crippen molar-refractivity contribution in [2.24, 2.45) is 5.41 Å². The molecule has 0 aromatic heterocycles. The summed E-state index contributed by atoms with van der Waals surface area (Å²) in [6, 6.07) is 17.6. The number of nitrogens with zero attached hydrogens (tertiary/aromatic N) is 1. The molecule has 1 aliphatic carbocycles. The van der Waals surface area contributed by atoms with E-state index in [1.165, 1.54) is 5.56 Å². The zero-order chi connectivity index (χ0) is 17.9. The molecule has 0 radical (unpaired) electrons. The number of carbonyl (C=O) groups is 2. The second-order valence-corrected chi connectivity index (χ2v) is 6.64. The summed E-state index contributed by atoms with van der Waals surface area (Å²) in [6.07, 6.45) is 1.24. The highest BCUT2D eigenvalue weighted by atomic mass is 16.2. The monoisotopic (exact) mass is 336 g/mol. The molecule has 1 aliphatic rings. The number of rotatable bonds is 6. The van der Waals surface area contributed by atoms with Gasteiger partial charge in [0.2, 0.25) is 11.8 Å². The van der Waals surface area contributed by atoms with E-state index in [0.29, 0.717) is 25.9 Å². The molecule has 1 fully saturated rings. The van der Waals surface area contributed by atoms with Crippen molar-refractivity contribution in [3.63, 3.8) is 0 Å². The Morgan fingerprint density at radius 1 is 1.04 bits per heavy atom. The maximum Gasteiger partial charge on any atom is 0.242 e. The number of hydrogen-bond donors (Lipinski definition) is 1. The number of nitrogens with one attached hydrogen (secondary N) is 1. The predicted molar refractivity (Wildman–Crippen MR) is 99.2 cm³/mol. The van der Waals surface area contributed by atoms with Gasteiger partial charge in [0.05, 0.1) is 0 Å². The van der Waals surface area contributed by atoms with Crippen molar-refractivity contribution in [3.05, 3.63) is 65.7 Å². The smallest absolute Gasteiger partial charge is 0.242 e. The first-order valence-corrected chi connectivity index (χ1v) is 8.78. The second-order valence-electron chi connectivity index (χ2n) is 6.64. The number of amides is 2. The molecule has 0 atom stereocenters. The van der Waals surface area contributed by atoms with Crippen LogP contribution in [0.4, 0.5) is 5.69 Å². The van der Waals surface area contributed by atoms with Crippen LogP contribution in [-0.4, -0.2) is 18.4 Å². The fraction of sp³-hybridized carbons (Fsp3) is 0.333. The summed E-state index contributed by atoms with van der Waals surface area (Å²) in [7, 11) is 0. The average Bonchev–Trinajstić information content (AvgIpc) is 3.44. The van der Waals surface area contributed by atoms with Gasteiger partial charge in [0.15, 0.2) is 0 Å². The van der Waals surface area contributed by atoms with Gasteiger partial charge in [-0.2, -0.15) is 0 Å². The number of hydrogen-bond acceptors (Lipinski definition) is 2. The van der Waals surface area contributed by atoms with Gasteiger partial charge in [0.25, 0.3) is 0 Å². The van der Waals surface area contributed by atoms with Crippen LogP contribution in [-0.2, 0) is 16.1 Å². The molecule has 4 heteroatoms. The first-order chi connectivity index (χ1) is 12.1. The van der Waals surface area contributed by atoms with Crippen LogP contribution < -0.4 is 10.2 Å². The fourth-order valence-corrected chi connectivity index (χ4v) is 3.03. The van der Waals surface area contributed by atoms with Crippen molar-refractivity contribution in [2.75, 3.05) is 11.4 Å². The van der Waals surface area contributed by atoms with E-state index in [0.717, 1.165) is 11.3 Å². The molecule has 3 rings (SSSR count). The fourth-order valence-electron chi connectivity index (χ4n) is 3.03. The lowest BCUT2D eigenvalue weighted by Crippen LogP contribution is -2.45. The summed E-state index contributed by atoms with van der Waals surface area (Å²) >= 11 is 0. The molecule has 2 amide bonds. The summed E-state index contributed by atoms with van der Waals surface area (Å²) in [5.74, 6) is -0.255. The van der Waals surface area contributed by atoms with E-state index in [4.69, 9.17) is 0 Å². The first-order valence-electron chi connectivity index (χ1n) is 8.78. The Morgan fingerprint density at radius 3 is 2.24 bits per heavy atom. The maximum absolute atomic E-state index is 13.0. The highest BCUT2D eigenvalue weighted by Gasteiger charge is 2.57. The number of benzene rings is 2. The van der Waals surface area contributed by atoms with Gasteiger partial charge in [-0.25, -0.2) is 0 Å². The van der Waals surface area contributed by atoms with E-state index in [-0.39, 0.29) is 11.8 Å². The molecule has 0 unspecified atom stereocenters. The highest BCUT2D eigenvalue weighted by Crippen LogP contribution is 2.48. The predicted octanol–water partition coefficient (Wildman–Crippen LogP) is 3.44. The van der Waals surface area contributed by atoms with E-state index in [1.807, 2.05) is 68.4 Å². The summed E-state index contributed by atoms with van der Waals surface area (Å²) in [5.41, 5.74) is 2.17. The minimum Gasteiger partial charge on any atom is -0.351 e. The minimum atomic E-state index is -0.892. The minimum absolute atomic E-state index is 0.0948. The molecular formula is C21H24N2O2. The Morgan fingerprint density at radius 2 is 1.68 bits per heavy atom. The van der Waals surface area contributed by atoms with Crippen LogP contribution in [0.2, 0.25) is 0 Å². The van der Waals surface area contributed by atoms with Crippen molar-refractivity contribution in [1.82, 2.24) is 5.32 Å². The molecule has 1 saturated carbocycles. The van der Waals surface area contributed by atoms with E-state index in [1.54, 1.807) is 4.90 Å². The van der Waals surface area contributed by atoms with Gasteiger partial charge in [0, 0.05) is 18.8 Å². The first kappa shape index (κ1) is 17.2. The lowest BCUT2D eigenvalue weighted by Gasteiger charge is -2.26. The Hall–Kier alpha value is -2.62. The molecule has 0 aliphatic heterocycles. The van der Waals surface area contributed by atoms with Gasteiger partial charge >= 0.3 is 0 Å². The molecule has 4 nitrogen and oxygen atoms in total. The Balaban J connectivity index is 1.69. The van der Waals surface area contributed by atoms with Crippen molar-refractivity contribution in [3.8, 4) is 0 Å². The van der Waals surface area contributed by atoms with E-state index in [9.17, 15) is 9.59 Å². The van der Waals surface area contributed by atoms with Crippen molar-refractivity contribution in [1.29, 1.82) is 0 Å². The van der Waals surface area contributed by atoms with Crippen LogP contribution in [0.25, 0.3) is 0 Å². The third kappa shape index (κ3) is 3.58. The molecule has 0 spiro atoms. The summed E-state index contributed by atoms with van der Waals surface area (Å²) in [6.45, 7) is 4.97. The lowest BCUT2D eigenvalue weighted by molar-refractivity contribution is -0.135. The SMILES string of the molecule is CCN(C(=O)C1(C(=O)NCc2ccc(C)cc2)CC1)c1ccccc1. The topological polar surface area (TPSA) is 49.4 Å². The third-order valence-corrected chi connectivity index (χ3v) is 4.80. The molecule has 25 heavy (non-hydrogen) atoms. The van der Waals surface area contributed by atoms with Gasteiger partial charge in [-0.1, -0.05) is 48.0 Å². The standard InChI is InChI=1S/C21H24N2O2/c1-3-23(18-7-5-4-6-8-18)20(25)21(13-14-21)19(24)22-15-17-11-9-16(2)10-12-17/h4-12H,3,13-15H2,1-2H3,(H,22,24). The molecule has 2 aromatic carbocycles. The van der Waals surface area contributed by atoms with Gasteiger partial charge in [-0.3, -0.25) is 9.59 Å². The van der Waals surface area contributed by atoms with Gasteiger partial charge in [-0.05, 0) is 44.4 Å². The second kappa shape index (κ2) is 7.09. The molecule has 0 heterocycles. The molecular weight excluding hydrogens is 312 g/mol. The molecule has 0 bridgehead atoms. The Labute approximate surface area is 148 Å². The summed E-state index contributed by atoms with van der Waals surface area (Å²) in [5, 5.41) is 2.95. The Bertz CT molecular complexity index is 749. The lowest BCUT2D eigenvalue weighted by atomic mass is 10.0. The van der Waals surface area contributed by atoms with Gasteiger partial charge < -0.3 is 10.2 Å².